The first-order valence-corrected chi connectivity index (χ1v) is 7.22. The molecule has 0 aliphatic carbocycles. The molecule has 0 fully saturated rings. The average molecular weight is 293 g/mol. The Morgan fingerprint density at radius 3 is 2.59 bits per heavy atom. The third kappa shape index (κ3) is 4.39. The summed E-state index contributed by atoms with van der Waals surface area (Å²) in [6.45, 7) is 4.03. The Morgan fingerprint density at radius 1 is 1.14 bits per heavy atom. The average Bonchev–Trinajstić information content (AvgIpc) is 2.53. The van der Waals surface area contributed by atoms with Gasteiger partial charge in [0.1, 0.15) is 12.4 Å². The third-order valence-electron chi connectivity index (χ3n) is 3.35. The highest BCUT2D eigenvalue weighted by molar-refractivity contribution is 5.42. The fraction of sp³-hybridized carbons (Fsp3) is 0.211. The topological polar surface area (TPSA) is 53.2 Å². The molecule has 0 saturated heterocycles. The first-order chi connectivity index (χ1) is 10.7. The number of aryl methyl sites for hydroxylation is 1. The lowest BCUT2D eigenvalue weighted by Crippen LogP contribution is -2.03. The SMILES string of the molecule is C=C(O)Cc1c(CCC#N)cccc1OCc1ccccc1. The number of hydrogen-bond donors (Lipinski definition) is 1. The summed E-state index contributed by atoms with van der Waals surface area (Å²) in [7, 11) is 0. The van der Waals surface area contributed by atoms with Crippen LogP contribution in [0.1, 0.15) is 23.1 Å². The van der Waals surface area contributed by atoms with Crippen molar-refractivity contribution >= 4 is 0 Å². The molecule has 2 aromatic rings. The van der Waals surface area contributed by atoms with Gasteiger partial charge in [0.2, 0.25) is 0 Å². The molecule has 2 rings (SSSR count). The van der Waals surface area contributed by atoms with Crippen molar-refractivity contribution in [2.45, 2.75) is 25.9 Å². The van der Waals surface area contributed by atoms with E-state index in [2.05, 4.69) is 12.6 Å². The first kappa shape index (κ1) is 15.7. The van der Waals surface area contributed by atoms with Crippen molar-refractivity contribution < 1.29 is 9.84 Å². The van der Waals surface area contributed by atoms with Gasteiger partial charge >= 0.3 is 0 Å². The Morgan fingerprint density at radius 2 is 1.91 bits per heavy atom. The molecule has 0 radical (unpaired) electrons. The minimum Gasteiger partial charge on any atom is -0.513 e. The summed E-state index contributed by atoms with van der Waals surface area (Å²) < 4.78 is 5.91. The van der Waals surface area contributed by atoms with Crippen LogP contribution in [0.2, 0.25) is 0 Å². The number of rotatable bonds is 7. The molecule has 0 amide bonds. The van der Waals surface area contributed by atoms with Gasteiger partial charge in [0.15, 0.2) is 0 Å². The zero-order valence-electron chi connectivity index (χ0n) is 12.5. The van der Waals surface area contributed by atoms with Crippen LogP contribution in [0.15, 0.2) is 60.9 Å². The van der Waals surface area contributed by atoms with Gasteiger partial charge in [-0.1, -0.05) is 49.0 Å². The van der Waals surface area contributed by atoms with Crippen molar-refractivity contribution in [2.24, 2.45) is 0 Å². The Balaban J connectivity index is 2.21. The number of ether oxygens (including phenoxy) is 1. The summed E-state index contributed by atoms with van der Waals surface area (Å²) in [5, 5.41) is 18.3. The van der Waals surface area contributed by atoms with E-state index in [1.807, 2.05) is 48.5 Å². The summed E-state index contributed by atoms with van der Waals surface area (Å²) in [6, 6.07) is 17.8. The molecule has 0 heterocycles. The molecule has 0 unspecified atom stereocenters. The molecule has 3 heteroatoms. The van der Waals surface area contributed by atoms with E-state index in [0.717, 1.165) is 22.4 Å². The van der Waals surface area contributed by atoms with Crippen LogP contribution < -0.4 is 4.74 Å². The van der Waals surface area contributed by atoms with Crippen molar-refractivity contribution in [1.82, 2.24) is 0 Å². The van der Waals surface area contributed by atoms with E-state index < -0.39 is 0 Å². The highest BCUT2D eigenvalue weighted by atomic mass is 16.5. The number of aliphatic hydroxyl groups is 1. The predicted molar refractivity (Wildman–Crippen MR) is 86.6 cm³/mol. The summed E-state index contributed by atoms with van der Waals surface area (Å²) in [4.78, 5) is 0. The Bertz CT molecular complexity index is 672. The van der Waals surface area contributed by atoms with Gasteiger partial charge in [-0.3, -0.25) is 0 Å². The molecule has 3 nitrogen and oxygen atoms in total. The zero-order valence-corrected chi connectivity index (χ0v) is 12.5. The predicted octanol–water partition coefficient (Wildman–Crippen LogP) is 4.34. The van der Waals surface area contributed by atoms with E-state index in [4.69, 9.17) is 10.00 Å². The van der Waals surface area contributed by atoms with Gasteiger partial charge in [-0.25, -0.2) is 0 Å². The summed E-state index contributed by atoms with van der Waals surface area (Å²) in [6.07, 6.45) is 1.42. The highest BCUT2D eigenvalue weighted by Gasteiger charge is 2.11. The molecule has 0 saturated carbocycles. The number of benzene rings is 2. The molecule has 0 atom stereocenters. The number of aliphatic hydroxyl groups excluding tert-OH is 1. The van der Waals surface area contributed by atoms with Crippen LogP contribution in [0.3, 0.4) is 0 Å². The second-order valence-corrected chi connectivity index (χ2v) is 5.07. The van der Waals surface area contributed by atoms with E-state index >= 15 is 0 Å². The van der Waals surface area contributed by atoms with Crippen LogP contribution in [0.25, 0.3) is 0 Å². The second kappa shape index (κ2) is 7.90. The van der Waals surface area contributed by atoms with Crippen molar-refractivity contribution in [3.05, 3.63) is 77.6 Å². The molecular formula is C19H19NO2. The van der Waals surface area contributed by atoms with Crippen LogP contribution in [0, 0.1) is 11.3 Å². The van der Waals surface area contributed by atoms with E-state index in [-0.39, 0.29) is 5.76 Å². The Labute approximate surface area is 131 Å². The Kier molecular flexibility index (Phi) is 5.62. The normalized spacial score (nSPS) is 9.95. The van der Waals surface area contributed by atoms with Crippen molar-refractivity contribution in [3.8, 4) is 11.8 Å². The van der Waals surface area contributed by atoms with Gasteiger partial charge in [0.25, 0.3) is 0 Å². The van der Waals surface area contributed by atoms with Gasteiger partial charge in [0, 0.05) is 18.4 Å². The Hall–Kier alpha value is -2.73. The maximum absolute atomic E-state index is 9.55. The van der Waals surface area contributed by atoms with Gasteiger partial charge in [-0.15, -0.1) is 0 Å². The zero-order chi connectivity index (χ0) is 15.8. The van der Waals surface area contributed by atoms with Gasteiger partial charge in [0.05, 0.1) is 11.8 Å². The maximum atomic E-state index is 9.55. The molecule has 0 spiro atoms. The molecule has 0 aliphatic rings. The lowest BCUT2D eigenvalue weighted by Gasteiger charge is -2.15. The van der Waals surface area contributed by atoms with Crippen LogP contribution in [-0.2, 0) is 19.4 Å². The second-order valence-electron chi connectivity index (χ2n) is 5.07. The highest BCUT2D eigenvalue weighted by Crippen LogP contribution is 2.26. The van der Waals surface area contributed by atoms with Crippen molar-refractivity contribution in [3.63, 3.8) is 0 Å². The molecule has 0 bridgehead atoms. The minimum atomic E-state index is 0.0916. The van der Waals surface area contributed by atoms with Crippen LogP contribution in [0.4, 0.5) is 0 Å². The van der Waals surface area contributed by atoms with Crippen LogP contribution >= 0.6 is 0 Å². The standard InChI is InChI=1S/C19H19NO2/c1-15(21)13-18-17(10-6-12-20)9-5-11-19(18)22-14-16-7-3-2-4-8-16/h2-5,7-9,11,21H,1,6,10,13-14H2. The lowest BCUT2D eigenvalue weighted by atomic mass is 9.99. The first-order valence-electron chi connectivity index (χ1n) is 7.22. The fourth-order valence-corrected chi connectivity index (χ4v) is 2.31. The molecule has 22 heavy (non-hydrogen) atoms. The fourth-order valence-electron chi connectivity index (χ4n) is 2.31. The van der Waals surface area contributed by atoms with E-state index in [9.17, 15) is 5.11 Å². The quantitative estimate of drug-likeness (QED) is 0.773. The van der Waals surface area contributed by atoms with E-state index in [0.29, 0.717) is 25.9 Å². The maximum Gasteiger partial charge on any atom is 0.123 e. The molecule has 112 valence electrons. The van der Waals surface area contributed by atoms with E-state index in [1.54, 1.807) is 0 Å². The monoisotopic (exact) mass is 293 g/mol. The third-order valence-corrected chi connectivity index (χ3v) is 3.35. The molecular weight excluding hydrogens is 274 g/mol. The molecule has 1 N–H and O–H groups in total. The van der Waals surface area contributed by atoms with Crippen molar-refractivity contribution in [1.29, 1.82) is 5.26 Å². The molecule has 0 aliphatic heterocycles. The largest absolute Gasteiger partial charge is 0.513 e. The van der Waals surface area contributed by atoms with Gasteiger partial charge < -0.3 is 9.84 Å². The summed E-state index contributed by atoms with van der Waals surface area (Å²) in [5.41, 5.74) is 3.00. The number of nitriles is 1. The van der Waals surface area contributed by atoms with Gasteiger partial charge in [-0.05, 0) is 23.6 Å². The summed E-state index contributed by atoms with van der Waals surface area (Å²) in [5.74, 6) is 0.823. The molecule has 2 aromatic carbocycles. The van der Waals surface area contributed by atoms with Gasteiger partial charge in [-0.2, -0.15) is 5.26 Å². The van der Waals surface area contributed by atoms with Crippen LogP contribution in [-0.4, -0.2) is 5.11 Å². The summed E-state index contributed by atoms with van der Waals surface area (Å²) >= 11 is 0. The van der Waals surface area contributed by atoms with E-state index in [1.165, 1.54) is 0 Å². The minimum absolute atomic E-state index is 0.0916. The lowest BCUT2D eigenvalue weighted by molar-refractivity contribution is 0.301. The van der Waals surface area contributed by atoms with Crippen molar-refractivity contribution in [2.75, 3.05) is 0 Å². The number of nitrogens with zero attached hydrogens (tertiary/aromatic N) is 1. The molecule has 0 aromatic heterocycles. The van der Waals surface area contributed by atoms with Crippen LogP contribution in [0.5, 0.6) is 5.75 Å². The number of hydrogen-bond acceptors (Lipinski definition) is 3. The number of allylic oxidation sites excluding steroid dienone is 1. The smallest absolute Gasteiger partial charge is 0.123 e.